The molecule has 0 heterocycles. The molecule has 0 unspecified atom stereocenters. The van der Waals surface area contributed by atoms with Gasteiger partial charge < -0.3 is 5.73 Å². The number of rotatable bonds is 1. The lowest BCUT2D eigenvalue weighted by molar-refractivity contribution is 0.614. The Hall–Kier alpha value is -1.03. The molecule has 2 N–H and O–H groups in total. The lowest BCUT2D eigenvalue weighted by Crippen LogP contribution is -1.94. The molecule has 1 aromatic rings. The minimum Gasteiger partial charge on any atom is -0.398 e. The maximum Gasteiger partial charge on any atom is 0.170 e. The van der Waals surface area contributed by atoms with Crippen LogP contribution in [-0.2, 0) is 10.7 Å². The van der Waals surface area contributed by atoms with Crippen molar-refractivity contribution in [2.75, 3.05) is 5.73 Å². The van der Waals surface area contributed by atoms with Crippen molar-refractivity contribution >= 4 is 16.4 Å². The van der Waals surface area contributed by atoms with E-state index in [1.165, 1.54) is 6.07 Å². The third kappa shape index (κ3) is 1.51. The monoisotopic (exact) mass is 170 g/mol. The Kier molecular flexibility index (Phi) is 2.14. The van der Waals surface area contributed by atoms with E-state index in [0.29, 0.717) is 5.56 Å². The van der Waals surface area contributed by atoms with E-state index < -0.39 is 10.7 Å². The summed E-state index contributed by atoms with van der Waals surface area (Å²) in [6.45, 7) is 3.54. The van der Waals surface area contributed by atoms with E-state index in [2.05, 4.69) is 6.92 Å². The van der Waals surface area contributed by atoms with Crippen LogP contribution < -0.4 is 5.73 Å². The zero-order chi connectivity index (χ0) is 8.43. The molecule has 0 bridgehead atoms. The van der Waals surface area contributed by atoms with Crippen LogP contribution in [0.25, 0.3) is 0 Å². The van der Waals surface area contributed by atoms with Crippen molar-refractivity contribution in [1.82, 2.24) is 0 Å². The molecule has 1 rings (SSSR count). The summed E-state index contributed by atoms with van der Waals surface area (Å²) in [6.07, 6.45) is 0. The van der Waals surface area contributed by atoms with Gasteiger partial charge in [-0.15, -0.1) is 0 Å². The summed E-state index contributed by atoms with van der Waals surface area (Å²) in [5.41, 5.74) is 6.10. The second-order valence-corrected chi connectivity index (χ2v) is 3.07. The Labute approximate surface area is 66.8 Å². The van der Waals surface area contributed by atoms with Gasteiger partial charge in [-0.2, -0.15) is 0 Å². The van der Waals surface area contributed by atoms with Crippen molar-refractivity contribution in [2.24, 2.45) is 0 Å². The number of thiol groups is 1. The Morgan fingerprint density at radius 2 is 2.00 bits per heavy atom. The normalized spacial score (nSPS) is 10.4. The lowest BCUT2D eigenvalue weighted by atomic mass is 10.2. The predicted octanol–water partition coefficient (Wildman–Crippen LogP) is 0.421. The second kappa shape index (κ2) is 2.92. The van der Waals surface area contributed by atoms with E-state index in [0.717, 1.165) is 0 Å². The largest absolute Gasteiger partial charge is 0.398 e. The van der Waals surface area contributed by atoms with Crippen LogP contribution >= 0.6 is 0 Å². The fourth-order valence-electron chi connectivity index (χ4n) is 0.834. The third-order valence-corrected chi connectivity index (χ3v) is 2.24. The van der Waals surface area contributed by atoms with Gasteiger partial charge in [0.15, 0.2) is 10.7 Å². The highest BCUT2D eigenvalue weighted by molar-refractivity contribution is 7.72. The summed E-state index contributed by atoms with van der Waals surface area (Å²) < 4.78 is 21.1. The quantitative estimate of drug-likeness (QED) is 0.474. The van der Waals surface area contributed by atoms with E-state index in [-0.39, 0.29) is 10.6 Å². The fraction of sp³-hybridized carbons (Fsp3) is 0. The van der Waals surface area contributed by atoms with Gasteiger partial charge in [-0.3, -0.25) is 0 Å². The number of nitrogen functional groups attached to an aromatic ring is 1. The summed E-state index contributed by atoms with van der Waals surface area (Å²) in [5, 5.41) is 0. The smallest absolute Gasteiger partial charge is 0.170 e. The summed E-state index contributed by atoms with van der Waals surface area (Å²) in [4.78, 5) is 0.127. The number of nitrogens with two attached hydrogens (primary N) is 1. The number of anilines is 1. The second-order valence-electron chi connectivity index (χ2n) is 2.11. The van der Waals surface area contributed by atoms with E-state index in [4.69, 9.17) is 5.73 Å². The summed E-state index contributed by atoms with van der Waals surface area (Å²) >= 11 is 0. The molecule has 0 saturated carbocycles. The van der Waals surface area contributed by atoms with Gasteiger partial charge in [0.1, 0.15) is 0 Å². The van der Waals surface area contributed by atoms with Gasteiger partial charge in [0.05, 0.1) is 10.6 Å². The highest BCUT2D eigenvalue weighted by Gasteiger charge is 2.03. The van der Waals surface area contributed by atoms with Crippen molar-refractivity contribution < 1.29 is 8.42 Å². The van der Waals surface area contributed by atoms with Crippen molar-refractivity contribution in [3.8, 4) is 0 Å². The molecular weight excluding hydrogens is 162 g/mol. The van der Waals surface area contributed by atoms with Crippen LogP contribution in [0.5, 0.6) is 0 Å². The van der Waals surface area contributed by atoms with Gasteiger partial charge in [-0.25, -0.2) is 8.42 Å². The van der Waals surface area contributed by atoms with Crippen molar-refractivity contribution in [2.45, 2.75) is 4.90 Å². The Morgan fingerprint density at radius 1 is 1.36 bits per heavy atom. The first kappa shape index (κ1) is 8.07. The van der Waals surface area contributed by atoms with Gasteiger partial charge >= 0.3 is 0 Å². The molecule has 0 atom stereocenters. The van der Waals surface area contributed by atoms with E-state index >= 15 is 0 Å². The molecule has 4 heteroatoms. The number of benzene rings is 1. The third-order valence-electron chi connectivity index (χ3n) is 1.33. The van der Waals surface area contributed by atoms with Crippen molar-refractivity contribution in [3.63, 3.8) is 0 Å². The SMILES string of the molecule is [CH2]c1cccc(N)c1[SH](=O)=O. The highest BCUT2D eigenvalue weighted by Crippen LogP contribution is 2.16. The lowest BCUT2D eigenvalue weighted by Gasteiger charge is -1.99. The maximum absolute atomic E-state index is 10.6. The molecule has 0 amide bonds. The van der Waals surface area contributed by atoms with Crippen molar-refractivity contribution in [3.05, 3.63) is 30.7 Å². The molecule has 0 aliphatic rings. The molecule has 3 nitrogen and oxygen atoms in total. The molecule has 1 radical (unpaired) electrons. The van der Waals surface area contributed by atoms with Gasteiger partial charge in [0.25, 0.3) is 0 Å². The average Bonchev–Trinajstić information content (AvgIpc) is 1.85. The molecule has 1 aromatic carbocycles. The summed E-state index contributed by atoms with van der Waals surface area (Å²) in [7, 11) is -2.62. The van der Waals surface area contributed by atoms with Crippen LogP contribution in [0.3, 0.4) is 0 Å². The van der Waals surface area contributed by atoms with Crippen molar-refractivity contribution in [1.29, 1.82) is 0 Å². The van der Waals surface area contributed by atoms with Gasteiger partial charge in [0.2, 0.25) is 0 Å². The number of hydrogen-bond donors (Lipinski definition) is 2. The van der Waals surface area contributed by atoms with E-state index in [9.17, 15) is 8.42 Å². The molecule has 0 aliphatic heterocycles. The van der Waals surface area contributed by atoms with Crippen LogP contribution in [0.15, 0.2) is 23.1 Å². The highest BCUT2D eigenvalue weighted by atomic mass is 32.2. The Morgan fingerprint density at radius 3 is 2.36 bits per heavy atom. The first-order chi connectivity index (χ1) is 5.13. The van der Waals surface area contributed by atoms with E-state index in [1.807, 2.05) is 0 Å². The van der Waals surface area contributed by atoms with Crippen LogP contribution in [0.2, 0.25) is 0 Å². The zero-order valence-corrected chi connectivity index (χ0v) is 6.67. The van der Waals surface area contributed by atoms with Gasteiger partial charge in [-0.05, 0) is 18.6 Å². The van der Waals surface area contributed by atoms with Crippen LogP contribution in [0.4, 0.5) is 5.69 Å². The topological polar surface area (TPSA) is 60.2 Å². The average molecular weight is 170 g/mol. The van der Waals surface area contributed by atoms with Gasteiger partial charge in [0, 0.05) is 0 Å². The Balaban J connectivity index is 3.44. The zero-order valence-electron chi connectivity index (χ0n) is 5.78. The summed E-state index contributed by atoms with van der Waals surface area (Å²) in [5.74, 6) is 0. The fourth-order valence-corrected chi connectivity index (χ4v) is 1.43. The minimum absolute atomic E-state index is 0.127. The van der Waals surface area contributed by atoms with Crippen LogP contribution in [-0.4, -0.2) is 8.42 Å². The summed E-state index contributed by atoms with van der Waals surface area (Å²) in [6, 6.07) is 4.81. The number of hydrogen-bond acceptors (Lipinski definition) is 3. The molecule has 0 fully saturated rings. The van der Waals surface area contributed by atoms with Crippen LogP contribution in [0.1, 0.15) is 5.56 Å². The van der Waals surface area contributed by atoms with E-state index in [1.54, 1.807) is 12.1 Å². The first-order valence-electron chi connectivity index (χ1n) is 2.98. The minimum atomic E-state index is -2.62. The molecule has 0 aliphatic carbocycles. The Bertz CT molecular complexity index is 316. The molecule has 11 heavy (non-hydrogen) atoms. The molecule has 0 saturated heterocycles. The first-order valence-corrected chi connectivity index (χ1v) is 4.15. The molecule has 0 spiro atoms. The predicted molar refractivity (Wildman–Crippen MR) is 43.9 cm³/mol. The molecule has 0 aromatic heterocycles. The van der Waals surface area contributed by atoms with Crippen LogP contribution in [0, 0.1) is 6.92 Å². The standard InChI is InChI=1S/C7H8NO2S/c1-5-3-2-4-6(8)7(5)11(9)10/h2-4,11H,1,8H2. The molecular formula is C7H8NO2S. The maximum atomic E-state index is 10.6. The molecule has 59 valence electrons. The van der Waals surface area contributed by atoms with Gasteiger partial charge in [-0.1, -0.05) is 12.1 Å².